The summed E-state index contributed by atoms with van der Waals surface area (Å²) in [6, 6.07) is -0.345. The maximum Gasteiger partial charge on any atom is 0.234 e. The average Bonchev–Trinajstić information content (AvgIpc) is 2.48. The number of nitrogens with zero attached hydrogens (tertiary/aromatic N) is 1. The predicted octanol–water partition coefficient (Wildman–Crippen LogP) is -1.88. The number of carbonyl (C=O) groups is 1. The molecule has 0 aromatic carbocycles. The quantitative estimate of drug-likeness (QED) is 0.483. The molecular formula is C8H17N3O2. The molecule has 5 nitrogen and oxygen atoms in total. The fourth-order valence-electron chi connectivity index (χ4n) is 1.55. The van der Waals surface area contributed by atoms with Crippen molar-refractivity contribution >= 4 is 5.91 Å². The van der Waals surface area contributed by atoms with Crippen LogP contribution in [-0.2, 0) is 4.79 Å². The molecular weight excluding hydrogens is 170 g/mol. The van der Waals surface area contributed by atoms with Crippen LogP contribution in [0.2, 0.25) is 0 Å². The Bertz CT molecular complexity index is 198. The monoisotopic (exact) mass is 187 g/mol. The zero-order chi connectivity index (χ0) is 10.0. The maximum atomic E-state index is 10.9. The summed E-state index contributed by atoms with van der Waals surface area (Å²) in [5.41, 5.74) is 5.17. The molecule has 1 rings (SSSR count). The third-order valence-electron chi connectivity index (χ3n) is 2.70. The van der Waals surface area contributed by atoms with Gasteiger partial charge >= 0.3 is 0 Å². The lowest BCUT2D eigenvalue weighted by molar-refractivity contribution is -0.123. The summed E-state index contributed by atoms with van der Waals surface area (Å²) < 4.78 is 0. The molecule has 0 aliphatic carbocycles. The number of aliphatic hydroxyl groups is 1. The van der Waals surface area contributed by atoms with Crippen LogP contribution >= 0.6 is 0 Å². The number of hydrogen-bond acceptors (Lipinski definition) is 4. The first-order valence-electron chi connectivity index (χ1n) is 4.44. The van der Waals surface area contributed by atoms with Crippen LogP contribution in [-0.4, -0.2) is 54.2 Å². The number of aliphatic hydroxyl groups excluding tert-OH is 1. The fraction of sp³-hybridized carbons (Fsp3) is 0.875. The molecule has 0 aromatic heterocycles. The first-order chi connectivity index (χ1) is 6.04. The van der Waals surface area contributed by atoms with E-state index in [0.717, 1.165) is 0 Å². The Hall–Kier alpha value is -0.650. The molecule has 3 atom stereocenters. The number of primary amides is 1. The second kappa shape index (κ2) is 4.04. The highest BCUT2D eigenvalue weighted by molar-refractivity contribution is 5.79. The number of nitrogens with two attached hydrogens (primary N) is 1. The minimum Gasteiger partial charge on any atom is -0.390 e. The van der Waals surface area contributed by atoms with Gasteiger partial charge in [-0.25, -0.2) is 0 Å². The molecule has 1 heterocycles. The van der Waals surface area contributed by atoms with Crippen molar-refractivity contribution in [3.63, 3.8) is 0 Å². The molecule has 76 valence electrons. The molecule has 0 bridgehead atoms. The number of amides is 1. The van der Waals surface area contributed by atoms with Crippen LogP contribution in [0.4, 0.5) is 0 Å². The van der Waals surface area contributed by atoms with Gasteiger partial charge in [0.15, 0.2) is 0 Å². The van der Waals surface area contributed by atoms with Crippen molar-refractivity contribution in [2.24, 2.45) is 5.73 Å². The zero-order valence-electron chi connectivity index (χ0n) is 8.03. The zero-order valence-corrected chi connectivity index (χ0v) is 8.03. The van der Waals surface area contributed by atoms with Crippen molar-refractivity contribution in [1.29, 1.82) is 0 Å². The van der Waals surface area contributed by atoms with Crippen LogP contribution in [0, 0.1) is 0 Å². The summed E-state index contributed by atoms with van der Waals surface area (Å²) >= 11 is 0. The second-order valence-corrected chi connectivity index (χ2v) is 3.54. The highest BCUT2D eigenvalue weighted by atomic mass is 16.3. The highest BCUT2D eigenvalue weighted by Crippen LogP contribution is 2.10. The van der Waals surface area contributed by atoms with Gasteiger partial charge in [-0.15, -0.1) is 0 Å². The topological polar surface area (TPSA) is 78.6 Å². The molecule has 0 aromatic rings. The van der Waals surface area contributed by atoms with Gasteiger partial charge in [0, 0.05) is 19.1 Å². The average molecular weight is 187 g/mol. The first kappa shape index (κ1) is 10.4. The lowest BCUT2D eigenvalue weighted by Crippen LogP contribution is -2.50. The Morgan fingerprint density at radius 1 is 1.69 bits per heavy atom. The Balaban J connectivity index is 2.55. The number of hydrogen-bond donors (Lipinski definition) is 3. The standard InChI is InChI=1S/C8H17N3O2/c1-5(8(9)13)11(2)6-3-10-4-7(6)12/h5-7,10,12H,3-4H2,1-2H3,(H2,9,13)/t5?,6-,7-/m1/s1. The van der Waals surface area contributed by atoms with Gasteiger partial charge in [0.2, 0.25) is 5.91 Å². The second-order valence-electron chi connectivity index (χ2n) is 3.54. The van der Waals surface area contributed by atoms with Crippen LogP contribution in [0.25, 0.3) is 0 Å². The largest absolute Gasteiger partial charge is 0.390 e. The van der Waals surface area contributed by atoms with Crippen molar-refractivity contribution in [3.8, 4) is 0 Å². The SMILES string of the molecule is CC(C(N)=O)N(C)[C@@H]1CNC[C@H]1O. The maximum absolute atomic E-state index is 10.9. The Morgan fingerprint density at radius 2 is 2.31 bits per heavy atom. The van der Waals surface area contributed by atoms with Gasteiger partial charge in [-0.1, -0.05) is 0 Å². The molecule has 1 amide bonds. The van der Waals surface area contributed by atoms with E-state index in [1.54, 1.807) is 14.0 Å². The van der Waals surface area contributed by atoms with Gasteiger partial charge in [-0.3, -0.25) is 9.69 Å². The van der Waals surface area contributed by atoms with E-state index in [1.165, 1.54) is 0 Å². The van der Waals surface area contributed by atoms with E-state index >= 15 is 0 Å². The van der Waals surface area contributed by atoms with Gasteiger partial charge < -0.3 is 16.2 Å². The molecule has 1 fully saturated rings. The van der Waals surface area contributed by atoms with Crippen molar-refractivity contribution in [2.75, 3.05) is 20.1 Å². The van der Waals surface area contributed by atoms with Crippen LogP contribution in [0.15, 0.2) is 0 Å². The van der Waals surface area contributed by atoms with E-state index in [9.17, 15) is 9.90 Å². The third kappa shape index (κ3) is 2.18. The molecule has 1 aliphatic rings. The molecule has 1 aliphatic heterocycles. The number of rotatable bonds is 3. The fourth-order valence-corrected chi connectivity index (χ4v) is 1.55. The van der Waals surface area contributed by atoms with E-state index in [1.807, 2.05) is 4.90 Å². The molecule has 1 unspecified atom stereocenters. The van der Waals surface area contributed by atoms with E-state index in [4.69, 9.17) is 5.73 Å². The molecule has 4 N–H and O–H groups in total. The van der Waals surface area contributed by atoms with E-state index in [-0.39, 0.29) is 18.0 Å². The highest BCUT2D eigenvalue weighted by Gasteiger charge is 2.32. The molecule has 1 saturated heterocycles. The Labute approximate surface area is 77.9 Å². The predicted molar refractivity (Wildman–Crippen MR) is 49.1 cm³/mol. The van der Waals surface area contributed by atoms with Gasteiger partial charge in [-0.2, -0.15) is 0 Å². The van der Waals surface area contributed by atoms with Crippen molar-refractivity contribution in [2.45, 2.75) is 25.1 Å². The number of nitrogens with one attached hydrogen (secondary N) is 1. The Morgan fingerprint density at radius 3 is 2.69 bits per heavy atom. The van der Waals surface area contributed by atoms with Crippen molar-refractivity contribution in [1.82, 2.24) is 10.2 Å². The molecule has 13 heavy (non-hydrogen) atoms. The van der Waals surface area contributed by atoms with E-state index in [2.05, 4.69) is 5.32 Å². The van der Waals surface area contributed by atoms with Crippen molar-refractivity contribution < 1.29 is 9.90 Å². The van der Waals surface area contributed by atoms with Crippen molar-refractivity contribution in [3.05, 3.63) is 0 Å². The van der Waals surface area contributed by atoms with Crippen LogP contribution in [0.5, 0.6) is 0 Å². The summed E-state index contributed by atoms with van der Waals surface area (Å²) in [7, 11) is 1.80. The lowest BCUT2D eigenvalue weighted by atomic mass is 10.1. The smallest absolute Gasteiger partial charge is 0.234 e. The van der Waals surface area contributed by atoms with E-state index in [0.29, 0.717) is 13.1 Å². The number of β-amino-alcohol motifs (C(OH)–C–C–N with tert-alkyl or cyclic N) is 1. The number of carbonyl (C=O) groups excluding carboxylic acids is 1. The first-order valence-corrected chi connectivity index (χ1v) is 4.44. The molecule has 0 saturated carbocycles. The minimum atomic E-state index is -0.410. The van der Waals surface area contributed by atoms with Crippen LogP contribution in [0.3, 0.4) is 0 Å². The molecule has 0 radical (unpaired) electrons. The number of likely N-dealkylation sites (N-methyl/N-ethyl adjacent to an activating group) is 1. The van der Waals surface area contributed by atoms with Gasteiger partial charge in [0.25, 0.3) is 0 Å². The summed E-state index contributed by atoms with van der Waals surface area (Å²) in [4.78, 5) is 12.7. The summed E-state index contributed by atoms with van der Waals surface area (Å²) in [5.74, 6) is -0.360. The van der Waals surface area contributed by atoms with Gasteiger partial charge in [0.05, 0.1) is 12.1 Å². The van der Waals surface area contributed by atoms with Gasteiger partial charge in [-0.05, 0) is 14.0 Å². The summed E-state index contributed by atoms with van der Waals surface area (Å²) in [5, 5.41) is 12.6. The minimum absolute atomic E-state index is 0.0116. The van der Waals surface area contributed by atoms with Crippen LogP contribution in [0.1, 0.15) is 6.92 Å². The van der Waals surface area contributed by atoms with E-state index < -0.39 is 6.10 Å². The Kier molecular flexibility index (Phi) is 3.24. The third-order valence-corrected chi connectivity index (χ3v) is 2.70. The molecule has 0 spiro atoms. The normalized spacial score (nSPS) is 30.8. The summed E-state index contributed by atoms with van der Waals surface area (Å²) in [6.45, 7) is 3.03. The summed E-state index contributed by atoms with van der Waals surface area (Å²) in [6.07, 6.45) is -0.410. The van der Waals surface area contributed by atoms with Crippen LogP contribution < -0.4 is 11.1 Å². The lowest BCUT2D eigenvalue weighted by Gasteiger charge is -2.29. The molecule has 5 heteroatoms. The van der Waals surface area contributed by atoms with Gasteiger partial charge in [0.1, 0.15) is 0 Å².